The smallest absolute Gasteiger partial charge is 0.358 e. The molecule has 2 heterocycles. The molecule has 1 fully saturated rings. The molecule has 2 aromatic heterocycles. The molecule has 1 aliphatic rings. The molecular formula is C26H27IN3O4PS. The summed E-state index contributed by atoms with van der Waals surface area (Å²) in [6.07, 6.45) is 8.22. The van der Waals surface area contributed by atoms with Crippen LogP contribution in [0, 0.1) is 18.8 Å². The van der Waals surface area contributed by atoms with Crippen molar-refractivity contribution in [2.75, 3.05) is 13.7 Å². The van der Waals surface area contributed by atoms with Crippen molar-refractivity contribution < 1.29 is 18.8 Å². The maximum atomic E-state index is 12.7. The van der Waals surface area contributed by atoms with Crippen LogP contribution < -0.4 is 4.74 Å². The molecule has 0 aliphatic heterocycles. The van der Waals surface area contributed by atoms with E-state index in [1.54, 1.807) is 24.2 Å². The number of imidazole rings is 1. The van der Waals surface area contributed by atoms with E-state index in [2.05, 4.69) is 38.9 Å². The molecule has 0 saturated heterocycles. The lowest BCUT2D eigenvalue weighted by Gasteiger charge is -2.15. The SMILES string of the molecule is COC(=O)c1nc(SC2CCCC2)n(-c2cccnc2)c1COc1ccc(C#CCOPI)c(C)c1. The summed E-state index contributed by atoms with van der Waals surface area (Å²) in [6, 6.07) is 9.59. The third kappa shape index (κ3) is 6.80. The van der Waals surface area contributed by atoms with Crippen LogP contribution in [0.2, 0.25) is 0 Å². The van der Waals surface area contributed by atoms with Gasteiger partial charge in [0.05, 0.1) is 31.1 Å². The minimum atomic E-state index is -0.486. The number of hydrogen-bond acceptors (Lipinski definition) is 7. The van der Waals surface area contributed by atoms with E-state index < -0.39 is 5.97 Å². The Hall–Kier alpha value is -2.12. The monoisotopic (exact) mass is 635 g/mol. The summed E-state index contributed by atoms with van der Waals surface area (Å²) < 4.78 is 18.5. The Morgan fingerprint density at radius 2 is 2.14 bits per heavy atom. The number of pyridine rings is 1. The summed E-state index contributed by atoms with van der Waals surface area (Å²) in [7, 11) is 1.37. The molecule has 1 unspecified atom stereocenters. The van der Waals surface area contributed by atoms with Crippen LogP contribution in [0.1, 0.15) is 53.0 Å². The zero-order valence-corrected chi connectivity index (χ0v) is 24.1. The average Bonchev–Trinajstić information content (AvgIpc) is 3.54. The number of ether oxygens (including phenoxy) is 2. The summed E-state index contributed by atoms with van der Waals surface area (Å²) in [5.41, 5.74) is 3.65. The van der Waals surface area contributed by atoms with E-state index in [1.165, 1.54) is 20.0 Å². The minimum absolute atomic E-state index is 0.145. The van der Waals surface area contributed by atoms with E-state index in [9.17, 15) is 4.79 Å². The van der Waals surface area contributed by atoms with Crippen LogP contribution in [-0.2, 0) is 15.9 Å². The highest BCUT2D eigenvalue weighted by Crippen LogP contribution is 2.37. The molecule has 1 atom stereocenters. The van der Waals surface area contributed by atoms with Gasteiger partial charge in [0.15, 0.2) is 10.9 Å². The van der Waals surface area contributed by atoms with Crippen LogP contribution in [-0.4, -0.2) is 39.5 Å². The Balaban J connectivity index is 1.64. The van der Waals surface area contributed by atoms with E-state index in [0.717, 1.165) is 34.8 Å². The predicted molar refractivity (Wildman–Crippen MR) is 151 cm³/mol. The predicted octanol–water partition coefficient (Wildman–Crippen LogP) is 6.29. The molecule has 4 rings (SSSR count). The van der Waals surface area contributed by atoms with Gasteiger partial charge >= 0.3 is 5.97 Å². The van der Waals surface area contributed by atoms with Crippen molar-refractivity contribution in [1.82, 2.24) is 14.5 Å². The lowest BCUT2D eigenvalue weighted by molar-refractivity contribution is 0.0591. The normalized spacial score (nSPS) is 13.6. The number of rotatable bonds is 9. The van der Waals surface area contributed by atoms with Gasteiger partial charge in [-0.3, -0.25) is 9.55 Å². The maximum Gasteiger partial charge on any atom is 0.358 e. The number of aryl methyl sites for hydroxylation is 1. The molecule has 10 heteroatoms. The first-order valence-corrected chi connectivity index (χ1v) is 16.5. The maximum absolute atomic E-state index is 12.7. The minimum Gasteiger partial charge on any atom is -0.487 e. The fourth-order valence-electron chi connectivity index (χ4n) is 4.02. The number of hydrogen-bond donors (Lipinski definition) is 0. The summed E-state index contributed by atoms with van der Waals surface area (Å²) in [5, 5.41) is 1.23. The van der Waals surface area contributed by atoms with Gasteiger partial charge in [0.2, 0.25) is 0 Å². The zero-order valence-electron chi connectivity index (χ0n) is 20.1. The van der Waals surface area contributed by atoms with Gasteiger partial charge in [0, 0.05) is 17.0 Å². The summed E-state index contributed by atoms with van der Waals surface area (Å²) in [6.45, 7) is 2.95. The second-order valence-corrected chi connectivity index (χ2v) is 11.2. The largest absolute Gasteiger partial charge is 0.487 e. The number of aromatic nitrogens is 3. The second-order valence-electron chi connectivity index (χ2n) is 8.19. The summed E-state index contributed by atoms with van der Waals surface area (Å²) >= 11 is 3.88. The molecule has 1 saturated carbocycles. The number of nitrogens with zero attached hydrogens (tertiary/aromatic N) is 3. The van der Waals surface area contributed by atoms with Crippen LogP contribution in [0.5, 0.6) is 5.75 Å². The van der Waals surface area contributed by atoms with Crippen LogP contribution >= 0.6 is 40.3 Å². The number of thioether (sulfide) groups is 1. The molecular weight excluding hydrogens is 608 g/mol. The standard InChI is InChI=1S/C26H27IN3O4PS/c1-18-15-21(12-11-19(18)7-6-14-34-35-27)33-17-23-24(25(31)32-2)29-26(36-22-9-3-4-10-22)30(23)20-8-5-13-28-16-20/h5,8,11-13,15-16,22,35H,3-4,9-10,14,17H2,1-2H3. The van der Waals surface area contributed by atoms with Gasteiger partial charge in [0.1, 0.15) is 19.0 Å². The lowest BCUT2D eigenvalue weighted by atomic mass is 10.1. The second kappa shape index (κ2) is 13.4. The number of esters is 1. The molecule has 3 aromatic rings. The molecule has 1 aliphatic carbocycles. The van der Waals surface area contributed by atoms with Gasteiger partial charge in [-0.1, -0.05) is 36.4 Å². The van der Waals surface area contributed by atoms with Crippen molar-refractivity contribution in [2.45, 2.75) is 49.6 Å². The van der Waals surface area contributed by atoms with Gasteiger partial charge in [-0.05, 0) is 77.7 Å². The van der Waals surface area contributed by atoms with Gasteiger partial charge in [0.25, 0.3) is 0 Å². The van der Waals surface area contributed by atoms with Crippen molar-refractivity contribution in [3.63, 3.8) is 0 Å². The summed E-state index contributed by atoms with van der Waals surface area (Å²) in [4.78, 5) is 21.7. The molecule has 7 nitrogen and oxygen atoms in total. The summed E-state index contributed by atoms with van der Waals surface area (Å²) in [5.74, 6) is 6.35. The fourth-order valence-corrected chi connectivity index (χ4v) is 5.95. The molecule has 0 N–H and O–H groups in total. The average molecular weight is 635 g/mol. The topological polar surface area (TPSA) is 75.5 Å². The fraction of sp³-hybridized carbons (Fsp3) is 0.346. The van der Waals surface area contributed by atoms with Gasteiger partial charge in [-0.2, -0.15) is 0 Å². The highest BCUT2D eigenvalue weighted by molar-refractivity contribution is 14.2. The first-order chi connectivity index (χ1) is 17.6. The Morgan fingerprint density at radius 1 is 1.31 bits per heavy atom. The zero-order chi connectivity index (χ0) is 25.3. The Morgan fingerprint density at radius 3 is 2.83 bits per heavy atom. The van der Waals surface area contributed by atoms with Crippen molar-refractivity contribution in [2.24, 2.45) is 0 Å². The molecule has 188 valence electrons. The highest BCUT2D eigenvalue weighted by Gasteiger charge is 2.27. The molecule has 0 radical (unpaired) electrons. The van der Waals surface area contributed by atoms with Gasteiger partial charge in [-0.15, -0.1) is 0 Å². The number of carbonyl (C=O) groups is 1. The van der Waals surface area contributed by atoms with Crippen LogP contribution in [0.4, 0.5) is 0 Å². The number of halogens is 1. The van der Waals surface area contributed by atoms with E-state index >= 15 is 0 Å². The number of carbonyl (C=O) groups excluding carboxylic acids is 1. The quantitative estimate of drug-likeness (QED) is 0.0900. The van der Waals surface area contributed by atoms with Crippen LogP contribution in [0.25, 0.3) is 5.69 Å². The molecule has 1 aromatic carbocycles. The van der Waals surface area contributed by atoms with Crippen molar-refractivity contribution in [3.8, 4) is 23.3 Å². The first-order valence-electron chi connectivity index (χ1n) is 11.6. The van der Waals surface area contributed by atoms with Crippen molar-refractivity contribution >= 4 is 46.2 Å². The van der Waals surface area contributed by atoms with E-state index in [-0.39, 0.29) is 12.3 Å². The third-order valence-corrected chi connectivity index (χ3v) is 8.27. The van der Waals surface area contributed by atoms with Crippen molar-refractivity contribution in [1.29, 1.82) is 0 Å². The molecule has 0 spiro atoms. The number of benzene rings is 1. The Kier molecular flexibility index (Phi) is 10.0. The van der Waals surface area contributed by atoms with Gasteiger partial charge < -0.3 is 14.0 Å². The van der Waals surface area contributed by atoms with E-state index in [1.807, 2.05) is 41.8 Å². The molecule has 0 bridgehead atoms. The van der Waals surface area contributed by atoms with E-state index in [0.29, 0.717) is 29.8 Å². The van der Waals surface area contributed by atoms with E-state index in [4.69, 9.17) is 19.0 Å². The highest BCUT2D eigenvalue weighted by atomic mass is 127. The Labute approximate surface area is 230 Å². The van der Waals surface area contributed by atoms with Gasteiger partial charge in [-0.25, -0.2) is 9.78 Å². The van der Waals surface area contributed by atoms with Crippen molar-refractivity contribution in [3.05, 3.63) is 65.2 Å². The molecule has 36 heavy (non-hydrogen) atoms. The third-order valence-electron chi connectivity index (χ3n) is 5.79. The van der Waals surface area contributed by atoms with Crippen LogP contribution in [0.3, 0.4) is 0 Å². The Bertz CT molecular complexity index is 1250. The number of methoxy groups -OCH3 is 1. The molecule has 0 amide bonds. The first kappa shape index (κ1) is 26.9. The van der Waals surface area contributed by atoms with Crippen LogP contribution in [0.15, 0.2) is 47.9 Å². The lowest BCUT2D eigenvalue weighted by Crippen LogP contribution is -2.12.